The molecule has 1 aliphatic heterocycles. The van der Waals surface area contributed by atoms with Crippen LogP contribution in [0, 0.1) is 0 Å². The molecule has 1 amide bonds. The fraction of sp³-hybridized carbons (Fsp3) is 0.500. The molecule has 0 saturated carbocycles. The fourth-order valence-electron chi connectivity index (χ4n) is 3.56. The quantitative estimate of drug-likeness (QED) is 0.853. The van der Waals surface area contributed by atoms with Crippen molar-refractivity contribution in [3.8, 4) is 0 Å². The molecular formula is C18H24ClN5O2. The van der Waals surface area contributed by atoms with Crippen molar-refractivity contribution in [1.82, 2.24) is 25.2 Å². The molecule has 1 aromatic carbocycles. The highest BCUT2D eigenvalue weighted by atomic mass is 35.5. The Hall–Kier alpha value is -1.96. The minimum atomic E-state index is -1.08. The molecule has 0 unspecified atom stereocenters. The lowest BCUT2D eigenvalue weighted by molar-refractivity contribution is -0.0235. The van der Waals surface area contributed by atoms with Crippen molar-refractivity contribution in [2.24, 2.45) is 7.05 Å². The molecule has 0 radical (unpaired) electrons. The summed E-state index contributed by atoms with van der Waals surface area (Å²) in [5.74, 6) is -0.187. The number of aryl methyl sites for hydroxylation is 1. The molecule has 3 rings (SSSR count). The molecule has 0 aliphatic carbocycles. The summed E-state index contributed by atoms with van der Waals surface area (Å²) in [7, 11) is 5.17. The highest BCUT2D eigenvalue weighted by Gasteiger charge is 2.40. The van der Waals surface area contributed by atoms with Gasteiger partial charge in [-0.25, -0.2) is 0 Å². The number of rotatable bonds is 3. The van der Waals surface area contributed by atoms with Gasteiger partial charge in [-0.05, 0) is 31.0 Å². The number of hydrogen-bond donors (Lipinski definition) is 2. The molecule has 2 aromatic rings. The van der Waals surface area contributed by atoms with Gasteiger partial charge in [-0.3, -0.25) is 9.48 Å². The minimum absolute atomic E-state index is 0.0736. The second-order valence-corrected chi connectivity index (χ2v) is 7.68. The number of amides is 1. The normalized spacial score (nSPS) is 25.9. The van der Waals surface area contributed by atoms with Crippen LogP contribution in [0.1, 0.15) is 47.4 Å². The van der Waals surface area contributed by atoms with Gasteiger partial charge in [-0.2, -0.15) is 0 Å². The lowest BCUT2D eigenvalue weighted by atomic mass is 9.78. The predicted octanol–water partition coefficient (Wildman–Crippen LogP) is 1.87. The number of aromatic nitrogens is 3. The molecule has 140 valence electrons. The van der Waals surface area contributed by atoms with E-state index >= 15 is 0 Å². The number of carbonyl (C=O) groups excluding carboxylic acids is 1. The standard InChI is InChI=1S/C18H24ClN5O2/c1-11-8-18(26,9-15(20-11)16-10-24(4)22-21-16)12-5-6-14(19)13(7-12)17(25)23(2)3/h5-7,10-11,15,20,26H,8-9H2,1-4H3/t11-,15-,18-/m0/s1. The van der Waals surface area contributed by atoms with E-state index in [1.54, 1.807) is 37.0 Å². The average Bonchev–Trinajstić information content (AvgIpc) is 3.00. The van der Waals surface area contributed by atoms with Crippen molar-refractivity contribution in [3.63, 3.8) is 0 Å². The summed E-state index contributed by atoms with van der Waals surface area (Å²) >= 11 is 6.21. The first kappa shape index (κ1) is 18.8. The van der Waals surface area contributed by atoms with Gasteiger partial charge in [0.1, 0.15) is 0 Å². The third kappa shape index (κ3) is 3.60. The van der Waals surface area contributed by atoms with Crippen molar-refractivity contribution < 1.29 is 9.90 Å². The fourth-order valence-corrected chi connectivity index (χ4v) is 3.76. The Morgan fingerprint density at radius 3 is 2.77 bits per heavy atom. The molecular weight excluding hydrogens is 354 g/mol. The summed E-state index contributed by atoms with van der Waals surface area (Å²) in [5, 5.41) is 23.4. The van der Waals surface area contributed by atoms with Crippen molar-refractivity contribution in [2.75, 3.05) is 14.1 Å². The number of hydrogen-bond acceptors (Lipinski definition) is 5. The molecule has 0 spiro atoms. The van der Waals surface area contributed by atoms with E-state index in [-0.39, 0.29) is 18.0 Å². The van der Waals surface area contributed by atoms with E-state index in [2.05, 4.69) is 15.6 Å². The molecule has 1 aromatic heterocycles. The number of nitrogens with zero attached hydrogens (tertiary/aromatic N) is 4. The first-order valence-corrected chi connectivity index (χ1v) is 8.94. The van der Waals surface area contributed by atoms with Crippen LogP contribution >= 0.6 is 11.6 Å². The second-order valence-electron chi connectivity index (χ2n) is 7.27. The molecule has 3 atom stereocenters. The van der Waals surface area contributed by atoms with E-state index in [4.69, 9.17) is 11.6 Å². The Balaban J connectivity index is 1.96. The van der Waals surface area contributed by atoms with E-state index in [0.717, 1.165) is 5.69 Å². The lowest BCUT2D eigenvalue weighted by Gasteiger charge is -2.41. The first-order valence-electron chi connectivity index (χ1n) is 8.56. The van der Waals surface area contributed by atoms with E-state index in [0.29, 0.717) is 29.0 Å². The first-order chi connectivity index (χ1) is 12.2. The third-order valence-corrected chi connectivity index (χ3v) is 5.12. The average molecular weight is 378 g/mol. The highest BCUT2D eigenvalue weighted by molar-refractivity contribution is 6.33. The van der Waals surface area contributed by atoms with Crippen LogP contribution in [0.3, 0.4) is 0 Å². The topological polar surface area (TPSA) is 83.3 Å². The van der Waals surface area contributed by atoms with Crippen LogP contribution in [0.2, 0.25) is 5.02 Å². The number of halogens is 1. The summed E-state index contributed by atoms with van der Waals surface area (Å²) in [6.45, 7) is 2.02. The van der Waals surface area contributed by atoms with Gasteiger partial charge >= 0.3 is 0 Å². The molecule has 26 heavy (non-hydrogen) atoms. The molecule has 8 heteroatoms. The summed E-state index contributed by atoms with van der Waals surface area (Å²) in [5.41, 5.74) is 0.786. The molecule has 7 nitrogen and oxygen atoms in total. The van der Waals surface area contributed by atoms with Gasteiger partial charge in [0.2, 0.25) is 0 Å². The van der Waals surface area contributed by atoms with Crippen molar-refractivity contribution in [1.29, 1.82) is 0 Å². The number of aliphatic hydroxyl groups is 1. The highest BCUT2D eigenvalue weighted by Crippen LogP contribution is 2.40. The molecule has 1 fully saturated rings. The minimum Gasteiger partial charge on any atom is -0.385 e. The van der Waals surface area contributed by atoms with Crippen molar-refractivity contribution >= 4 is 17.5 Å². The lowest BCUT2D eigenvalue weighted by Crippen LogP contribution is -2.47. The molecule has 2 heterocycles. The Kier molecular flexibility index (Phi) is 5.05. The van der Waals surface area contributed by atoms with E-state index in [9.17, 15) is 9.90 Å². The maximum Gasteiger partial charge on any atom is 0.254 e. The molecule has 1 aliphatic rings. The predicted molar refractivity (Wildman–Crippen MR) is 98.9 cm³/mol. The summed E-state index contributed by atoms with van der Waals surface area (Å²) in [4.78, 5) is 13.9. The zero-order valence-corrected chi connectivity index (χ0v) is 16.2. The molecule has 1 saturated heterocycles. The van der Waals surface area contributed by atoms with E-state index < -0.39 is 5.60 Å². The van der Waals surface area contributed by atoms with Crippen LogP contribution in [0.25, 0.3) is 0 Å². The third-order valence-electron chi connectivity index (χ3n) is 4.79. The van der Waals surface area contributed by atoms with Gasteiger partial charge in [0.15, 0.2) is 0 Å². The van der Waals surface area contributed by atoms with E-state index in [1.807, 2.05) is 20.2 Å². The second kappa shape index (κ2) is 6.98. The Bertz CT molecular complexity index is 822. The van der Waals surface area contributed by atoms with Gasteiger partial charge < -0.3 is 15.3 Å². The molecule has 2 N–H and O–H groups in total. The molecule has 0 bridgehead atoms. The Labute approximate surface area is 157 Å². The zero-order valence-electron chi connectivity index (χ0n) is 15.4. The van der Waals surface area contributed by atoms with Gasteiger partial charge in [-0.15, -0.1) is 5.10 Å². The summed E-state index contributed by atoms with van der Waals surface area (Å²) in [6, 6.07) is 5.12. The largest absolute Gasteiger partial charge is 0.385 e. The number of piperidine rings is 1. The van der Waals surface area contributed by atoms with Crippen LogP contribution in [0.15, 0.2) is 24.4 Å². The smallest absolute Gasteiger partial charge is 0.254 e. The van der Waals surface area contributed by atoms with Gasteiger partial charge in [0.25, 0.3) is 5.91 Å². The number of carbonyl (C=O) groups is 1. The summed E-state index contributed by atoms with van der Waals surface area (Å²) < 4.78 is 1.64. The van der Waals surface area contributed by atoms with Crippen LogP contribution in [0.4, 0.5) is 0 Å². The van der Waals surface area contributed by atoms with Crippen molar-refractivity contribution in [2.45, 2.75) is 37.5 Å². The van der Waals surface area contributed by atoms with Gasteiger partial charge in [0, 0.05) is 39.8 Å². The maximum absolute atomic E-state index is 12.4. The number of benzene rings is 1. The van der Waals surface area contributed by atoms with Crippen molar-refractivity contribution in [3.05, 3.63) is 46.2 Å². The van der Waals surface area contributed by atoms with Gasteiger partial charge in [0.05, 0.1) is 27.9 Å². The van der Waals surface area contributed by atoms with E-state index in [1.165, 1.54) is 4.90 Å². The Morgan fingerprint density at radius 1 is 1.42 bits per heavy atom. The van der Waals surface area contributed by atoms with Crippen LogP contribution in [-0.4, -0.2) is 51.0 Å². The van der Waals surface area contributed by atoms with Gasteiger partial charge in [-0.1, -0.05) is 22.9 Å². The maximum atomic E-state index is 12.4. The van der Waals surface area contributed by atoms with Crippen LogP contribution < -0.4 is 5.32 Å². The summed E-state index contributed by atoms with van der Waals surface area (Å²) in [6.07, 6.45) is 2.81. The van der Waals surface area contributed by atoms with Crippen LogP contribution in [-0.2, 0) is 12.6 Å². The zero-order chi connectivity index (χ0) is 19.1. The Morgan fingerprint density at radius 2 is 2.15 bits per heavy atom. The monoisotopic (exact) mass is 377 g/mol. The van der Waals surface area contributed by atoms with Crippen LogP contribution in [0.5, 0.6) is 0 Å². The SMILES string of the molecule is C[C@H]1C[C@@](O)(c2ccc(Cl)c(C(=O)N(C)C)c2)C[C@@H](c2cn(C)nn2)N1. The number of nitrogens with one attached hydrogen (secondary N) is 1.